The monoisotopic (exact) mass is 760 g/mol. The number of aromatic amines is 2. The summed E-state index contributed by atoms with van der Waals surface area (Å²) in [5.41, 5.74) is 7.47. The van der Waals surface area contributed by atoms with Crippen LogP contribution in [0.3, 0.4) is 0 Å². The Hall–Kier alpha value is -5.52. The number of aromatic nitrogens is 3. The Balaban J connectivity index is 1.06. The van der Waals surface area contributed by atoms with E-state index in [1.807, 2.05) is 57.4 Å². The summed E-state index contributed by atoms with van der Waals surface area (Å²) in [6.07, 6.45) is 1.57. The summed E-state index contributed by atoms with van der Waals surface area (Å²) in [7, 11) is 1.30. The lowest BCUT2D eigenvalue weighted by Gasteiger charge is -2.32. The van der Waals surface area contributed by atoms with E-state index >= 15 is 0 Å². The molecular weight excluding hydrogens is 709 g/mol. The Labute approximate surface area is 327 Å². The first-order valence-corrected chi connectivity index (χ1v) is 19.8. The topological polar surface area (TPSA) is 142 Å². The number of nitrogens with one attached hydrogen (secondary N) is 3. The average Bonchev–Trinajstić information content (AvgIpc) is 3.97. The number of nitrogens with zero attached hydrogens (tertiary/aromatic N) is 3. The van der Waals surface area contributed by atoms with Crippen LogP contribution in [0, 0.1) is 11.8 Å². The van der Waals surface area contributed by atoms with Gasteiger partial charge in [0.25, 0.3) is 0 Å². The third-order valence-corrected chi connectivity index (χ3v) is 11.5. The van der Waals surface area contributed by atoms with Gasteiger partial charge in [0, 0.05) is 34.9 Å². The van der Waals surface area contributed by atoms with E-state index in [9.17, 15) is 14.4 Å². The molecule has 3 aliphatic heterocycles. The fourth-order valence-corrected chi connectivity index (χ4v) is 8.75. The highest BCUT2D eigenvalue weighted by Gasteiger charge is 2.42. The van der Waals surface area contributed by atoms with Crippen LogP contribution in [0.5, 0.6) is 5.75 Å². The number of hydrogen-bond acceptors (Lipinski definition) is 7. The van der Waals surface area contributed by atoms with Crippen LogP contribution in [0.25, 0.3) is 44.2 Å². The number of carbonyl (C=O) groups is 3. The minimum Gasteiger partial charge on any atom is -0.488 e. The van der Waals surface area contributed by atoms with Crippen molar-refractivity contribution in [3.8, 4) is 28.1 Å². The lowest BCUT2D eigenvalue weighted by molar-refractivity contribution is -0.137. The first-order valence-electron chi connectivity index (χ1n) is 19.8. The molecule has 5 aromatic rings. The quantitative estimate of drug-likeness (QED) is 0.157. The number of rotatable bonds is 6. The number of ether oxygens (including phenoxy) is 3. The van der Waals surface area contributed by atoms with Gasteiger partial charge < -0.3 is 34.4 Å². The second-order valence-electron chi connectivity index (χ2n) is 17.2. The Morgan fingerprint density at radius 3 is 2.52 bits per heavy atom. The molecule has 8 rings (SSSR count). The van der Waals surface area contributed by atoms with E-state index < -0.39 is 17.7 Å². The summed E-state index contributed by atoms with van der Waals surface area (Å²) in [5.74, 6) is 1.65. The summed E-state index contributed by atoms with van der Waals surface area (Å²) in [6, 6.07) is 18.0. The molecule has 3 amide bonds. The summed E-state index contributed by atoms with van der Waals surface area (Å²) in [4.78, 5) is 55.1. The number of methoxy groups -OCH3 is 1. The van der Waals surface area contributed by atoms with Crippen molar-refractivity contribution >= 4 is 39.9 Å². The number of fused-ring (bicyclic) bond motifs is 6. The molecule has 12 nitrogen and oxygen atoms in total. The molecule has 294 valence electrons. The molecule has 2 saturated heterocycles. The van der Waals surface area contributed by atoms with Crippen molar-refractivity contribution < 1.29 is 28.6 Å². The van der Waals surface area contributed by atoms with Crippen molar-refractivity contribution in [2.24, 2.45) is 11.8 Å². The zero-order chi connectivity index (χ0) is 39.6. The molecule has 5 atom stereocenters. The van der Waals surface area contributed by atoms with E-state index in [1.165, 1.54) is 7.11 Å². The number of carbonyl (C=O) groups excluding carboxylic acids is 3. The van der Waals surface area contributed by atoms with Crippen LogP contribution in [0.15, 0.2) is 54.6 Å². The van der Waals surface area contributed by atoms with E-state index in [2.05, 4.69) is 70.7 Å². The summed E-state index contributed by atoms with van der Waals surface area (Å²) < 4.78 is 17.0. The van der Waals surface area contributed by atoms with Gasteiger partial charge >= 0.3 is 12.2 Å². The first kappa shape index (κ1) is 37.4. The second kappa shape index (κ2) is 14.2. The minimum absolute atomic E-state index is 0.0103. The van der Waals surface area contributed by atoms with Crippen molar-refractivity contribution in [2.45, 2.75) is 104 Å². The van der Waals surface area contributed by atoms with Crippen LogP contribution in [-0.4, -0.2) is 74.2 Å². The average molecular weight is 761 g/mol. The Bertz CT molecular complexity index is 2340. The maximum Gasteiger partial charge on any atom is 0.410 e. The van der Waals surface area contributed by atoms with Gasteiger partial charge in [0.1, 0.15) is 29.8 Å². The lowest BCUT2D eigenvalue weighted by Crippen LogP contribution is -2.52. The Morgan fingerprint density at radius 2 is 1.77 bits per heavy atom. The largest absolute Gasteiger partial charge is 0.488 e. The smallest absolute Gasteiger partial charge is 0.410 e. The molecule has 56 heavy (non-hydrogen) atoms. The van der Waals surface area contributed by atoms with E-state index in [0.717, 1.165) is 86.3 Å². The molecule has 2 fully saturated rings. The van der Waals surface area contributed by atoms with Crippen LogP contribution in [0.2, 0.25) is 0 Å². The van der Waals surface area contributed by atoms with Crippen molar-refractivity contribution in [2.75, 3.05) is 13.7 Å². The summed E-state index contributed by atoms with van der Waals surface area (Å²) in [5, 5.41) is 4.76. The molecular formula is C44H52N6O6. The van der Waals surface area contributed by atoms with Crippen LogP contribution in [-0.2, 0) is 20.9 Å². The van der Waals surface area contributed by atoms with Gasteiger partial charge in [-0.2, -0.15) is 0 Å². The fourth-order valence-electron chi connectivity index (χ4n) is 8.75. The highest BCUT2D eigenvalue weighted by Crippen LogP contribution is 2.44. The van der Waals surface area contributed by atoms with Crippen molar-refractivity contribution in [3.63, 3.8) is 0 Å². The molecule has 3 N–H and O–H groups in total. The number of hydrogen-bond donors (Lipinski definition) is 3. The molecule has 2 aromatic heterocycles. The van der Waals surface area contributed by atoms with E-state index in [4.69, 9.17) is 19.2 Å². The van der Waals surface area contributed by atoms with E-state index in [1.54, 1.807) is 0 Å². The third-order valence-electron chi connectivity index (χ3n) is 11.5. The molecule has 12 heteroatoms. The van der Waals surface area contributed by atoms with Crippen molar-refractivity contribution in [1.29, 1.82) is 0 Å². The van der Waals surface area contributed by atoms with Gasteiger partial charge in [0.2, 0.25) is 5.91 Å². The molecule has 3 aromatic carbocycles. The highest BCUT2D eigenvalue weighted by molar-refractivity contribution is 6.07. The SMILES string of the molecule is COC(=O)N[C@H](C(=O)N1[C@@H](C)CC[C@H]1c1nc2c(ccc3cc4c(cc32)OCc2cc(-c3ccc(C5C[C@H](C)CN5C(=O)OC(C)(C)C)[nH]3)ccc2-4)[nH]1)C(C)C. The van der Waals surface area contributed by atoms with Gasteiger partial charge in [0.05, 0.1) is 30.2 Å². The first-order chi connectivity index (χ1) is 26.7. The predicted octanol–water partition coefficient (Wildman–Crippen LogP) is 9.02. The molecule has 0 aliphatic carbocycles. The van der Waals surface area contributed by atoms with Crippen LogP contribution in [0.4, 0.5) is 9.59 Å². The zero-order valence-corrected chi connectivity index (χ0v) is 33.5. The molecule has 5 heterocycles. The molecule has 0 spiro atoms. The van der Waals surface area contributed by atoms with Gasteiger partial charge in [-0.05, 0) is 117 Å². The van der Waals surface area contributed by atoms with Crippen molar-refractivity contribution in [1.82, 2.24) is 30.1 Å². The van der Waals surface area contributed by atoms with E-state index in [0.29, 0.717) is 19.1 Å². The number of H-pyrrole nitrogens is 2. The molecule has 0 radical (unpaired) electrons. The van der Waals surface area contributed by atoms with Gasteiger partial charge in [0.15, 0.2) is 0 Å². The standard InChI is InChI=1S/C44H52N6O6/c1-23(2)38(48-42(52)54-8)41(51)50-25(4)9-16-35(50)40-46-34-13-11-26-19-31-29-12-10-27(18-28(29)22-55-37(31)20-30(26)39(34)47-40)32-14-15-33(45-32)36-17-24(3)21-49(36)43(53)56-44(5,6)7/h10-15,18-20,23-25,35-36,38,45H,9,16-17,21-22H2,1-8H3,(H,46,47)(H,48,52)/t24-,25-,35-,36?,38-/m0/s1. The second-order valence-corrected chi connectivity index (χ2v) is 17.2. The highest BCUT2D eigenvalue weighted by atomic mass is 16.6. The van der Waals surface area contributed by atoms with Crippen LogP contribution >= 0.6 is 0 Å². The normalized spacial score (nSPS) is 21.2. The summed E-state index contributed by atoms with van der Waals surface area (Å²) in [6.45, 7) is 14.8. The maximum atomic E-state index is 13.9. The van der Waals surface area contributed by atoms with Crippen LogP contribution in [0.1, 0.15) is 96.9 Å². The minimum atomic E-state index is -0.712. The third kappa shape index (κ3) is 6.83. The number of likely N-dealkylation sites (tertiary alicyclic amines) is 2. The van der Waals surface area contributed by atoms with Gasteiger partial charge in [-0.25, -0.2) is 14.6 Å². The Morgan fingerprint density at radius 1 is 0.964 bits per heavy atom. The molecule has 3 aliphatic rings. The van der Waals surface area contributed by atoms with E-state index in [-0.39, 0.29) is 36.0 Å². The molecule has 1 unspecified atom stereocenters. The molecule has 0 saturated carbocycles. The van der Waals surface area contributed by atoms with Crippen LogP contribution < -0.4 is 10.1 Å². The predicted molar refractivity (Wildman–Crippen MR) is 215 cm³/mol. The fraction of sp³-hybridized carbons (Fsp3) is 0.455. The maximum absolute atomic E-state index is 13.9. The number of imidazole rings is 1. The lowest BCUT2D eigenvalue weighted by atomic mass is 9.92. The molecule has 0 bridgehead atoms. The number of benzene rings is 3. The number of amides is 3. The van der Waals surface area contributed by atoms with Gasteiger partial charge in [-0.3, -0.25) is 9.69 Å². The zero-order valence-electron chi connectivity index (χ0n) is 33.5. The van der Waals surface area contributed by atoms with Gasteiger partial charge in [-0.1, -0.05) is 39.0 Å². The summed E-state index contributed by atoms with van der Waals surface area (Å²) >= 11 is 0. The number of alkyl carbamates (subject to hydrolysis) is 1. The van der Waals surface area contributed by atoms with Gasteiger partial charge in [-0.15, -0.1) is 0 Å². The van der Waals surface area contributed by atoms with Crippen molar-refractivity contribution in [3.05, 3.63) is 71.7 Å². The Kier molecular flexibility index (Phi) is 9.49.